The van der Waals surface area contributed by atoms with E-state index in [1.165, 1.54) is 24.1 Å². The molecule has 3 aliphatic rings. The van der Waals surface area contributed by atoms with Gasteiger partial charge in [0.2, 0.25) is 5.91 Å². The maximum absolute atomic E-state index is 13.4. The number of piperazine rings is 1. The fourth-order valence-electron chi connectivity index (χ4n) is 5.77. The molecular weight excluding hydrogens is 581 g/mol. The second-order valence-corrected chi connectivity index (χ2v) is 10.8. The van der Waals surface area contributed by atoms with E-state index in [2.05, 4.69) is 10.1 Å². The lowest BCUT2D eigenvalue weighted by atomic mass is 9.91. The number of imide groups is 1. The highest BCUT2D eigenvalue weighted by Crippen LogP contribution is 2.33. The van der Waals surface area contributed by atoms with Gasteiger partial charge in [-0.05, 0) is 57.5 Å². The molecule has 1 unspecified atom stereocenters. The van der Waals surface area contributed by atoms with Crippen LogP contribution in [-0.2, 0) is 19.1 Å². The van der Waals surface area contributed by atoms with E-state index in [1.54, 1.807) is 15.9 Å². The van der Waals surface area contributed by atoms with Crippen molar-refractivity contribution in [2.45, 2.75) is 44.1 Å². The van der Waals surface area contributed by atoms with Crippen LogP contribution in [0.4, 0.5) is 14.0 Å². The molecule has 1 atom stereocenters. The Hall–Kier alpha value is -4.53. The minimum Gasteiger partial charge on any atom is -0.478 e. The molecule has 3 saturated heterocycles. The average molecular weight is 618 g/mol. The van der Waals surface area contributed by atoms with Crippen molar-refractivity contribution >= 4 is 40.9 Å². The van der Waals surface area contributed by atoms with Gasteiger partial charge >= 0.3 is 24.1 Å². The first kappa shape index (κ1) is 32.4. The lowest BCUT2D eigenvalue weighted by Gasteiger charge is -2.45. The van der Waals surface area contributed by atoms with Gasteiger partial charge in [-0.2, -0.15) is 0 Å². The van der Waals surface area contributed by atoms with Crippen LogP contribution in [0.15, 0.2) is 34.9 Å². The van der Waals surface area contributed by atoms with E-state index in [4.69, 9.17) is 19.5 Å². The van der Waals surface area contributed by atoms with E-state index >= 15 is 0 Å². The van der Waals surface area contributed by atoms with Gasteiger partial charge in [0.25, 0.3) is 0 Å². The Bertz CT molecular complexity index is 1390. The minimum atomic E-state index is -1.26. The number of carboxylic acid groups (broad SMARTS) is 2. The van der Waals surface area contributed by atoms with Crippen molar-refractivity contribution in [3.63, 3.8) is 0 Å². The number of ether oxygens (including phenoxy) is 1. The van der Waals surface area contributed by atoms with E-state index in [0.29, 0.717) is 49.8 Å². The standard InChI is InChI=1S/C25H32FN5O5.C4H4O4/c1-35-25(34)29-12-13-30-19(16-29)15-22(32)31(24(30)33)9-3-2-8-28-10-6-17(7-11-28)23-20-5-4-18(26)14-21(20)36-27-23;5-3(6)1-2-4(7)8/h4-5,14,17,19H,2-3,6-13,15-16H2,1H3;1-2H,(H,5,6)(H,7,8)/b;2-1+. The number of aromatic nitrogens is 1. The number of urea groups is 1. The lowest BCUT2D eigenvalue weighted by Crippen LogP contribution is -2.64. The van der Waals surface area contributed by atoms with Crippen LogP contribution in [0.3, 0.4) is 0 Å². The van der Waals surface area contributed by atoms with Crippen molar-refractivity contribution in [2.24, 2.45) is 0 Å². The van der Waals surface area contributed by atoms with Crippen LogP contribution in [-0.4, -0.2) is 124 Å². The maximum atomic E-state index is 13.4. The Labute approximate surface area is 252 Å². The molecule has 0 saturated carbocycles. The predicted octanol–water partition coefficient (Wildman–Crippen LogP) is 2.74. The number of carbonyl (C=O) groups is 5. The molecule has 0 radical (unpaired) electrons. The summed E-state index contributed by atoms with van der Waals surface area (Å²) in [7, 11) is 1.33. The van der Waals surface area contributed by atoms with Gasteiger partial charge in [-0.1, -0.05) is 5.16 Å². The average Bonchev–Trinajstić information content (AvgIpc) is 3.42. The van der Waals surface area contributed by atoms with Crippen molar-refractivity contribution in [1.82, 2.24) is 24.8 Å². The fourth-order valence-corrected chi connectivity index (χ4v) is 5.77. The number of fused-ring (bicyclic) bond motifs is 2. The minimum absolute atomic E-state index is 0.173. The Kier molecular flexibility index (Phi) is 10.9. The van der Waals surface area contributed by atoms with Crippen molar-refractivity contribution < 1.29 is 47.8 Å². The molecule has 3 aliphatic heterocycles. The number of likely N-dealkylation sites (tertiary alicyclic amines) is 1. The molecule has 5 rings (SSSR count). The zero-order valence-corrected chi connectivity index (χ0v) is 24.4. The van der Waals surface area contributed by atoms with Crippen LogP contribution >= 0.6 is 0 Å². The summed E-state index contributed by atoms with van der Waals surface area (Å²) in [6.07, 6.45) is 4.49. The molecule has 0 spiro atoms. The summed E-state index contributed by atoms with van der Waals surface area (Å²) in [4.78, 5) is 63.5. The van der Waals surface area contributed by atoms with Gasteiger partial charge in [0, 0.05) is 62.1 Å². The van der Waals surface area contributed by atoms with Crippen LogP contribution in [0, 0.1) is 5.82 Å². The number of rotatable bonds is 8. The predicted molar refractivity (Wildman–Crippen MR) is 152 cm³/mol. The van der Waals surface area contributed by atoms with Crippen LogP contribution < -0.4 is 0 Å². The molecule has 14 nitrogen and oxygen atoms in total. The van der Waals surface area contributed by atoms with E-state index < -0.39 is 18.0 Å². The van der Waals surface area contributed by atoms with E-state index in [-0.39, 0.29) is 30.2 Å². The first-order chi connectivity index (χ1) is 21.1. The molecule has 0 aliphatic carbocycles. The third-order valence-corrected chi connectivity index (χ3v) is 8.01. The molecule has 2 N–H and O–H groups in total. The molecule has 3 fully saturated rings. The summed E-state index contributed by atoms with van der Waals surface area (Å²) in [5.41, 5.74) is 1.41. The lowest BCUT2D eigenvalue weighted by molar-refractivity contribution is -0.134. The van der Waals surface area contributed by atoms with Crippen molar-refractivity contribution in [3.05, 3.63) is 41.9 Å². The normalized spacial score (nSPS) is 19.6. The summed E-state index contributed by atoms with van der Waals surface area (Å²) in [5, 5.41) is 20.7. The topological polar surface area (TPSA) is 174 Å². The SMILES string of the molecule is COC(=O)N1CCN2C(=O)N(CCCCN3CCC(c4noc5cc(F)ccc45)CC3)C(=O)CC2C1.O=C(O)/C=C/C(=O)O. The van der Waals surface area contributed by atoms with Crippen molar-refractivity contribution in [2.75, 3.05) is 52.9 Å². The number of methoxy groups -OCH3 is 1. The smallest absolute Gasteiger partial charge is 0.409 e. The summed E-state index contributed by atoms with van der Waals surface area (Å²) in [6.45, 7) is 4.35. The highest BCUT2D eigenvalue weighted by atomic mass is 19.1. The highest BCUT2D eigenvalue weighted by molar-refractivity contribution is 5.97. The second kappa shape index (κ2) is 14.8. The number of carboxylic acids is 2. The van der Waals surface area contributed by atoms with E-state index in [1.807, 2.05) is 0 Å². The Balaban J connectivity index is 0.000000488. The molecule has 4 amide bonds. The van der Waals surface area contributed by atoms with Gasteiger partial charge in [0.15, 0.2) is 5.58 Å². The quantitative estimate of drug-likeness (QED) is 0.329. The van der Waals surface area contributed by atoms with Gasteiger partial charge in [-0.25, -0.2) is 23.6 Å². The molecule has 1 aromatic carbocycles. The summed E-state index contributed by atoms with van der Waals surface area (Å²) >= 11 is 0. The Morgan fingerprint density at radius 3 is 2.39 bits per heavy atom. The zero-order chi connectivity index (χ0) is 31.8. The van der Waals surface area contributed by atoms with Crippen LogP contribution in [0.25, 0.3) is 11.0 Å². The van der Waals surface area contributed by atoms with Crippen molar-refractivity contribution in [3.8, 4) is 0 Å². The molecule has 44 heavy (non-hydrogen) atoms. The number of hydrogen-bond donors (Lipinski definition) is 2. The third-order valence-electron chi connectivity index (χ3n) is 8.01. The van der Waals surface area contributed by atoms with Gasteiger partial charge in [-0.15, -0.1) is 0 Å². The summed E-state index contributed by atoms with van der Waals surface area (Å²) in [5.74, 6) is -2.72. The molecule has 15 heteroatoms. The highest BCUT2D eigenvalue weighted by Gasteiger charge is 2.42. The van der Waals surface area contributed by atoms with Gasteiger partial charge < -0.3 is 34.2 Å². The largest absolute Gasteiger partial charge is 0.478 e. The molecule has 238 valence electrons. The molecule has 1 aromatic heterocycles. The number of piperidine rings is 1. The summed E-state index contributed by atoms with van der Waals surface area (Å²) in [6, 6.07) is 4.03. The molecule has 4 heterocycles. The van der Waals surface area contributed by atoms with Crippen molar-refractivity contribution in [1.29, 1.82) is 0 Å². The van der Waals surface area contributed by atoms with E-state index in [0.717, 1.165) is 56.4 Å². The number of halogens is 1. The van der Waals surface area contributed by atoms with Crippen LogP contribution in [0.1, 0.15) is 43.7 Å². The number of unbranched alkanes of at least 4 members (excludes halogenated alkanes) is 1. The second-order valence-electron chi connectivity index (χ2n) is 10.8. The fraction of sp³-hybridized carbons (Fsp3) is 0.517. The summed E-state index contributed by atoms with van der Waals surface area (Å²) < 4.78 is 23.5. The first-order valence-electron chi connectivity index (χ1n) is 14.4. The molecular formula is C29H36FN5O9. The maximum Gasteiger partial charge on any atom is 0.409 e. The molecule has 2 aromatic rings. The van der Waals surface area contributed by atoms with Gasteiger partial charge in [-0.3, -0.25) is 9.69 Å². The third kappa shape index (κ3) is 8.09. The number of carbonyl (C=O) groups excluding carboxylic acids is 3. The van der Waals surface area contributed by atoms with Crippen LogP contribution in [0.5, 0.6) is 0 Å². The number of hydrogen-bond acceptors (Lipinski definition) is 9. The first-order valence-corrected chi connectivity index (χ1v) is 14.4. The van der Waals surface area contributed by atoms with E-state index in [9.17, 15) is 28.4 Å². The van der Waals surface area contributed by atoms with Gasteiger partial charge in [0.05, 0.1) is 18.8 Å². The number of aliphatic carboxylic acids is 2. The molecule has 0 bridgehead atoms. The zero-order valence-electron chi connectivity index (χ0n) is 24.4. The number of nitrogens with zero attached hydrogens (tertiary/aromatic N) is 5. The monoisotopic (exact) mass is 617 g/mol. The van der Waals surface area contributed by atoms with Gasteiger partial charge in [0.1, 0.15) is 5.82 Å². The Morgan fingerprint density at radius 2 is 1.73 bits per heavy atom. The van der Waals surface area contributed by atoms with Crippen LogP contribution in [0.2, 0.25) is 0 Å². The number of amides is 4. The number of benzene rings is 1. The Morgan fingerprint density at radius 1 is 1.05 bits per heavy atom.